The molecule has 0 aliphatic carbocycles. The van der Waals surface area contributed by atoms with Crippen LogP contribution >= 0.6 is 11.6 Å². The monoisotopic (exact) mass is 287 g/mol. The van der Waals surface area contributed by atoms with E-state index in [2.05, 4.69) is 5.32 Å². The Labute approximate surface area is 117 Å². The Morgan fingerprint density at radius 2 is 2.00 bits per heavy atom. The van der Waals surface area contributed by atoms with Crippen LogP contribution in [-0.2, 0) is 9.47 Å². The molecule has 0 aromatic heterocycles. The van der Waals surface area contributed by atoms with Gasteiger partial charge < -0.3 is 19.9 Å². The van der Waals surface area contributed by atoms with Gasteiger partial charge in [0.2, 0.25) is 0 Å². The minimum atomic E-state index is -0.500. The highest BCUT2D eigenvalue weighted by atomic mass is 35.5. The van der Waals surface area contributed by atoms with Crippen LogP contribution in [0.5, 0.6) is 5.75 Å². The molecule has 0 spiro atoms. The molecule has 106 valence electrons. The summed E-state index contributed by atoms with van der Waals surface area (Å²) in [6, 6.07) is 4.29. The summed E-state index contributed by atoms with van der Waals surface area (Å²) in [6.07, 6.45) is -0.500. The quantitative estimate of drug-likeness (QED) is 0.754. The molecule has 2 N–H and O–H groups in total. The number of carbonyl (C=O) groups is 1. The molecule has 0 aliphatic heterocycles. The van der Waals surface area contributed by atoms with E-state index in [-0.39, 0.29) is 17.9 Å². The number of amides is 1. The Kier molecular flexibility index (Phi) is 6.62. The van der Waals surface area contributed by atoms with Crippen LogP contribution in [0.15, 0.2) is 18.2 Å². The molecule has 1 rings (SSSR count). The van der Waals surface area contributed by atoms with Crippen molar-refractivity contribution >= 4 is 17.5 Å². The molecule has 6 heteroatoms. The molecule has 0 atom stereocenters. The molecule has 1 amide bonds. The summed E-state index contributed by atoms with van der Waals surface area (Å²) in [5, 5.41) is 12.6. The third-order valence-electron chi connectivity index (χ3n) is 2.34. The summed E-state index contributed by atoms with van der Waals surface area (Å²) in [4.78, 5) is 11.9. The molecule has 19 heavy (non-hydrogen) atoms. The maximum absolute atomic E-state index is 11.9. The topological polar surface area (TPSA) is 67.8 Å². The standard InChI is InChI=1S/C13H18ClNO4/c1-3-18-12(19-4-2)8-15-13(17)10-7-9(14)5-6-11(10)16/h5-7,12,16H,3-4,8H2,1-2H3,(H,15,17). The van der Waals surface area contributed by atoms with Crippen LogP contribution in [0.3, 0.4) is 0 Å². The van der Waals surface area contributed by atoms with Crippen molar-refractivity contribution in [1.82, 2.24) is 5.32 Å². The summed E-state index contributed by atoms with van der Waals surface area (Å²) in [7, 11) is 0. The fourth-order valence-electron chi connectivity index (χ4n) is 1.50. The summed E-state index contributed by atoms with van der Waals surface area (Å²) in [5.41, 5.74) is 0.124. The van der Waals surface area contributed by atoms with Crippen molar-refractivity contribution in [1.29, 1.82) is 0 Å². The van der Waals surface area contributed by atoms with Gasteiger partial charge in [-0.15, -0.1) is 0 Å². The molecule has 0 fully saturated rings. The maximum Gasteiger partial charge on any atom is 0.255 e. The van der Waals surface area contributed by atoms with Crippen LogP contribution in [0.2, 0.25) is 5.02 Å². The number of carbonyl (C=O) groups excluding carboxylic acids is 1. The van der Waals surface area contributed by atoms with Gasteiger partial charge in [0, 0.05) is 18.2 Å². The average Bonchev–Trinajstić information content (AvgIpc) is 2.39. The molecule has 0 saturated heterocycles. The Morgan fingerprint density at radius 1 is 1.37 bits per heavy atom. The second kappa shape index (κ2) is 7.99. The Balaban J connectivity index is 2.61. The molecular weight excluding hydrogens is 270 g/mol. The molecule has 0 bridgehead atoms. The summed E-state index contributed by atoms with van der Waals surface area (Å²) < 4.78 is 10.6. The van der Waals surface area contributed by atoms with Gasteiger partial charge in [-0.1, -0.05) is 11.6 Å². The predicted molar refractivity (Wildman–Crippen MR) is 72.5 cm³/mol. The summed E-state index contributed by atoms with van der Waals surface area (Å²) in [5.74, 6) is -0.546. The van der Waals surface area contributed by atoms with E-state index in [1.807, 2.05) is 13.8 Å². The molecule has 0 saturated carbocycles. The molecule has 1 aromatic carbocycles. The zero-order valence-corrected chi connectivity index (χ0v) is 11.7. The zero-order chi connectivity index (χ0) is 14.3. The van der Waals surface area contributed by atoms with E-state index in [1.54, 1.807) is 0 Å². The van der Waals surface area contributed by atoms with Gasteiger partial charge in [-0.05, 0) is 32.0 Å². The molecule has 1 aromatic rings. The van der Waals surface area contributed by atoms with E-state index in [1.165, 1.54) is 18.2 Å². The molecule has 0 unspecified atom stereocenters. The summed E-state index contributed by atoms with van der Waals surface area (Å²) in [6.45, 7) is 4.87. The smallest absolute Gasteiger partial charge is 0.255 e. The van der Waals surface area contributed by atoms with Gasteiger partial charge in [-0.2, -0.15) is 0 Å². The molecule has 0 aliphatic rings. The van der Waals surface area contributed by atoms with Crippen molar-refractivity contribution in [2.24, 2.45) is 0 Å². The van der Waals surface area contributed by atoms with Crippen molar-refractivity contribution < 1.29 is 19.4 Å². The highest BCUT2D eigenvalue weighted by molar-refractivity contribution is 6.31. The number of hydrogen-bond donors (Lipinski definition) is 2. The van der Waals surface area contributed by atoms with Gasteiger partial charge in [0.25, 0.3) is 5.91 Å². The van der Waals surface area contributed by atoms with Crippen molar-refractivity contribution in [3.8, 4) is 5.75 Å². The zero-order valence-electron chi connectivity index (χ0n) is 11.0. The molecule has 0 heterocycles. The van der Waals surface area contributed by atoms with Crippen molar-refractivity contribution in [2.75, 3.05) is 19.8 Å². The van der Waals surface area contributed by atoms with E-state index in [0.717, 1.165) is 0 Å². The van der Waals surface area contributed by atoms with Crippen LogP contribution in [0.25, 0.3) is 0 Å². The Bertz CT molecular complexity index is 419. The van der Waals surface area contributed by atoms with Crippen LogP contribution in [0.4, 0.5) is 0 Å². The largest absolute Gasteiger partial charge is 0.507 e. The predicted octanol–water partition coefficient (Wildman–Crippen LogP) is 2.17. The van der Waals surface area contributed by atoms with Crippen LogP contribution in [0.1, 0.15) is 24.2 Å². The van der Waals surface area contributed by atoms with Gasteiger partial charge in [-0.25, -0.2) is 0 Å². The number of halogens is 1. The lowest BCUT2D eigenvalue weighted by Crippen LogP contribution is -2.35. The SMILES string of the molecule is CCOC(CNC(=O)c1cc(Cl)ccc1O)OCC. The summed E-state index contributed by atoms with van der Waals surface area (Å²) >= 11 is 5.78. The van der Waals surface area contributed by atoms with E-state index < -0.39 is 12.2 Å². The second-order valence-electron chi connectivity index (χ2n) is 3.71. The first-order valence-electron chi connectivity index (χ1n) is 6.08. The van der Waals surface area contributed by atoms with Gasteiger partial charge in [0.1, 0.15) is 5.75 Å². The van der Waals surface area contributed by atoms with Gasteiger partial charge in [-0.3, -0.25) is 4.79 Å². The third kappa shape index (κ3) is 5.06. The first kappa shape index (κ1) is 15.8. The number of phenolic OH excluding ortho intramolecular Hbond substituents is 1. The van der Waals surface area contributed by atoms with Crippen LogP contribution < -0.4 is 5.32 Å². The fraction of sp³-hybridized carbons (Fsp3) is 0.462. The number of benzene rings is 1. The normalized spacial score (nSPS) is 10.7. The van der Waals surface area contributed by atoms with Crippen LogP contribution in [-0.4, -0.2) is 37.1 Å². The lowest BCUT2D eigenvalue weighted by atomic mass is 10.2. The maximum atomic E-state index is 11.9. The van der Waals surface area contributed by atoms with Gasteiger partial charge in [0.05, 0.1) is 12.1 Å². The van der Waals surface area contributed by atoms with Crippen molar-refractivity contribution in [3.63, 3.8) is 0 Å². The lowest BCUT2D eigenvalue weighted by Gasteiger charge is -2.17. The minimum absolute atomic E-state index is 0.119. The first-order chi connectivity index (χ1) is 9.08. The number of aromatic hydroxyl groups is 1. The molecule has 5 nitrogen and oxygen atoms in total. The van der Waals surface area contributed by atoms with Crippen molar-refractivity contribution in [2.45, 2.75) is 20.1 Å². The fourth-order valence-corrected chi connectivity index (χ4v) is 1.67. The molecule has 0 radical (unpaired) electrons. The Hall–Kier alpha value is -1.30. The van der Waals surface area contributed by atoms with E-state index >= 15 is 0 Å². The van der Waals surface area contributed by atoms with Gasteiger partial charge in [0.15, 0.2) is 6.29 Å². The van der Waals surface area contributed by atoms with E-state index in [4.69, 9.17) is 21.1 Å². The minimum Gasteiger partial charge on any atom is -0.507 e. The third-order valence-corrected chi connectivity index (χ3v) is 2.57. The second-order valence-corrected chi connectivity index (χ2v) is 4.15. The first-order valence-corrected chi connectivity index (χ1v) is 6.46. The number of rotatable bonds is 7. The van der Waals surface area contributed by atoms with Crippen LogP contribution in [0, 0.1) is 0 Å². The average molecular weight is 288 g/mol. The number of phenols is 1. The Morgan fingerprint density at radius 3 is 2.58 bits per heavy atom. The highest BCUT2D eigenvalue weighted by Crippen LogP contribution is 2.21. The number of ether oxygens (including phenoxy) is 2. The van der Waals surface area contributed by atoms with E-state index in [0.29, 0.717) is 18.2 Å². The number of nitrogens with one attached hydrogen (secondary N) is 1. The highest BCUT2D eigenvalue weighted by Gasteiger charge is 2.14. The van der Waals surface area contributed by atoms with E-state index in [9.17, 15) is 9.90 Å². The lowest BCUT2D eigenvalue weighted by molar-refractivity contribution is -0.131. The molecular formula is C13H18ClNO4. The van der Waals surface area contributed by atoms with Crippen molar-refractivity contribution in [3.05, 3.63) is 28.8 Å². The van der Waals surface area contributed by atoms with Gasteiger partial charge >= 0.3 is 0 Å². The number of hydrogen-bond acceptors (Lipinski definition) is 4.